The van der Waals surface area contributed by atoms with E-state index in [0.29, 0.717) is 6.61 Å². The predicted octanol–water partition coefficient (Wildman–Crippen LogP) is 0.196. The number of aliphatic carboxylic acids is 1. The van der Waals surface area contributed by atoms with Crippen molar-refractivity contribution in [1.29, 1.82) is 0 Å². The third-order valence-corrected chi connectivity index (χ3v) is 2.94. The number of ether oxygens (including phenoxy) is 1. The summed E-state index contributed by atoms with van der Waals surface area (Å²) in [5.74, 6) is -0.982. The van der Waals surface area contributed by atoms with Crippen LogP contribution >= 0.6 is 0 Å². The van der Waals surface area contributed by atoms with Crippen LogP contribution in [0, 0.1) is 0 Å². The number of carbonyl (C=O) groups is 2. The van der Waals surface area contributed by atoms with E-state index in [1.807, 2.05) is 18.2 Å². The highest BCUT2D eigenvalue weighted by molar-refractivity contribution is 5.94. The van der Waals surface area contributed by atoms with Crippen molar-refractivity contribution in [3.63, 3.8) is 0 Å². The van der Waals surface area contributed by atoms with Crippen molar-refractivity contribution >= 4 is 18.0 Å². The van der Waals surface area contributed by atoms with Gasteiger partial charge in [0.15, 0.2) is 6.04 Å². The molecule has 1 heterocycles. The molecule has 0 fully saturated rings. The lowest BCUT2D eigenvalue weighted by molar-refractivity contribution is -0.142. The molecule has 6 heteroatoms. The van der Waals surface area contributed by atoms with Crippen LogP contribution in [0.4, 0.5) is 0 Å². The molecule has 0 aliphatic carbocycles. The number of aliphatic hydroxyl groups excluding tert-OH is 1. The summed E-state index contributed by atoms with van der Waals surface area (Å²) in [6.45, 7) is 0.0187. The molecule has 2 rings (SSSR count). The fraction of sp³-hybridized carbons (Fsp3) is 0.286. The molecule has 1 aromatic rings. The number of amides is 1. The Labute approximate surface area is 115 Å². The van der Waals surface area contributed by atoms with Crippen LogP contribution < -0.4 is 10.1 Å². The van der Waals surface area contributed by atoms with Gasteiger partial charge in [0.2, 0.25) is 5.91 Å². The van der Waals surface area contributed by atoms with Crippen molar-refractivity contribution in [2.45, 2.75) is 12.5 Å². The maximum Gasteiger partial charge on any atom is 0.328 e. The third kappa shape index (κ3) is 3.36. The van der Waals surface area contributed by atoms with Gasteiger partial charge in [-0.05, 0) is 29.3 Å². The number of carboxylic acid groups (broad SMARTS) is 1. The third-order valence-electron chi connectivity index (χ3n) is 2.94. The molecular weight excluding hydrogens is 262 g/mol. The van der Waals surface area contributed by atoms with E-state index in [1.165, 1.54) is 6.08 Å². The Bertz CT molecular complexity index is 552. The molecule has 6 nitrogen and oxygen atoms in total. The highest BCUT2D eigenvalue weighted by Crippen LogP contribution is 2.26. The van der Waals surface area contributed by atoms with Gasteiger partial charge in [-0.15, -0.1) is 0 Å². The Kier molecular flexibility index (Phi) is 4.37. The van der Waals surface area contributed by atoms with Crippen molar-refractivity contribution in [3.8, 4) is 5.75 Å². The molecule has 1 aliphatic heterocycles. The van der Waals surface area contributed by atoms with Crippen LogP contribution in [0.1, 0.15) is 11.1 Å². The largest absolute Gasteiger partial charge is 0.493 e. The minimum absolute atomic E-state index is 0.566. The number of rotatable bonds is 5. The summed E-state index contributed by atoms with van der Waals surface area (Å²) in [4.78, 5) is 22.2. The average molecular weight is 277 g/mol. The van der Waals surface area contributed by atoms with Crippen LogP contribution in [-0.4, -0.2) is 41.3 Å². The molecule has 0 aromatic heterocycles. The van der Waals surface area contributed by atoms with E-state index >= 15 is 0 Å². The van der Waals surface area contributed by atoms with Gasteiger partial charge in [-0.25, -0.2) is 4.79 Å². The Morgan fingerprint density at radius 3 is 2.95 bits per heavy atom. The SMILES string of the molecule is O=C(/C=C/c1ccc2c(c1)CCO2)N[C@H](CO)C(=O)O. The summed E-state index contributed by atoms with van der Waals surface area (Å²) in [6, 6.07) is 4.29. The number of benzene rings is 1. The van der Waals surface area contributed by atoms with Crippen molar-refractivity contribution < 1.29 is 24.5 Å². The molecular formula is C14H15NO5. The number of hydrogen-bond donors (Lipinski definition) is 3. The molecule has 20 heavy (non-hydrogen) atoms. The second-order valence-corrected chi connectivity index (χ2v) is 4.38. The van der Waals surface area contributed by atoms with E-state index in [4.69, 9.17) is 14.9 Å². The standard InChI is InChI=1S/C14H15NO5/c16-8-11(14(18)19)15-13(17)4-2-9-1-3-12-10(7-9)5-6-20-12/h1-4,7,11,16H,5-6,8H2,(H,15,17)(H,18,19)/b4-2+/t11-/m1/s1. The molecule has 1 aliphatic rings. The zero-order valence-corrected chi connectivity index (χ0v) is 10.7. The summed E-state index contributed by atoms with van der Waals surface area (Å²) >= 11 is 0. The van der Waals surface area contributed by atoms with Gasteiger partial charge in [0.05, 0.1) is 13.2 Å². The van der Waals surface area contributed by atoms with Crippen LogP contribution in [0.5, 0.6) is 5.75 Å². The van der Waals surface area contributed by atoms with Crippen LogP contribution in [-0.2, 0) is 16.0 Å². The molecule has 0 saturated carbocycles. The normalized spacial score (nSPS) is 14.7. The average Bonchev–Trinajstić information content (AvgIpc) is 2.89. The monoisotopic (exact) mass is 277 g/mol. The highest BCUT2D eigenvalue weighted by atomic mass is 16.5. The van der Waals surface area contributed by atoms with Crippen molar-refractivity contribution in [3.05, 3.63) is 35.4 Å². The quantitative estimate of drug-likeness (QED) is 0.668. The number of nitrogens with one attached hydrogen (secondary N) is 1. The van der Waals surface area contributed by atoms with Crippen LogP contribution in [0.15, 0.2) is 24.3 Å². The van der Waals surface area contributed by atoms with Crippen molar-refractivity contribution in [2.24, 2.45) is 0 Å². The predicted molar refractivity (Wildman–Crippen MR) is 71.3 cm³/mol. The summed E-state index contributed by atoms with van der Waals surface area (Å²) < 4.78 is 5.38. The van der Waals surface area contributed by atoms with E-state index in [1.54, 1.807) is 6.08 Å². The van der Waals surface area contributed by atoms with Gasteiger partial charge in [-0.3, -0.25) is 4.79 Å². The first-order chi connectivity index (χ1) is 9.60. The Morgan fingerprint density at radius 2 is 2.25 bits per heavy atom. The fourth-order valence-electron chi connectivity index (χ4n) is 1.89. The minimum Gasteiger partial charge on any atom is -0.493 e. The van der Waals surface area contributed by atoms with Gasteiger partial charge in [0, 0.05) is 12.5 Å². The number of carbonyl (C=O) groups excluding carboxylic acids is 1. The van der Waals surface area contributed by atoms with Gasteiger partial charge in [-0.2, -0.15) is 0 Å². The van der Waals surface area contributed by atoms with Crippen molar-refractivity contribution in [1.82, 2.24) is 5.32 Å². The number of aliphatic hydroxyl groups is 1. The maximum absolute atomic E-state index is 11.5. The number of hydrogen-bond acceptors (Lipinski definition) is 4. The lowest BCUT2D eigenvalue weighted by atomic mass is 10.1. The van der Waals surface area contributed by atoms with Crippen LogP contribution in [0.25, 0.3) is 6.08 Å². The van der Waals surface area contributed by atoms with E-state index in [0.717, 1.165) is 23.3 Å². The molecule has 0 bridgehead atoms. The molecule has 0 radical (unpaired) electrons. The van der Waals surface area contributed by atoms with Crippen LogP contribution in [0.3, 0.4) is 0 Å². The molecule has 3 N–H and O–H groups in total. The van der Waals surface area contributed by atoms with E-state index < -0.39 is 24.5 Å². The van der Waals surface area contributed by atoms with E-state index in [2.05, 4.69) is 5.32 Å². The second kappa shape index (κ2) is 6.21. The minimum atomic E-state index is -1.29. The Morgan fingerprint density at radius 1 is 1.45 bits per heavy atom. The Balaban J connectivity index is 1.98. The van der Waals surface area contributed by atoms with Crippen molar-refractivity contribution in [2.75, 3.05) is 13.2 Å². The topological polar surface area (TPSA) is 95.9 Å². The first-order valence-corrected chi connectivity index (χ1v) is 6.18. The molecule has 1 atom stereocenters. The summed E-state index contributed by atoms with van der Waals surface area (Å²) in [6.07, 6.45) is 3.67. The lowest BCUT2D eigenvalue weighted by Gasteiger charge is -2.09. The first-order valence-electron chi connectivity index (χ1n) is 6.18. The molecule has 1 aromatic carbocycles. The smallest absolute Gasteiger partial charge is 0.328 e. The van der Waals surface area contributed by atoms with Crippen LogP contribution in [0.2, 0.25) is 0 Å². The molecule has 0 unspecified atom stereocenters. The van der Waals surface area contributed by atoms with Gasteiger partial charge in [-0.1, -0.05) is 6.07 Å². The maximum atomic E-state index is 11.5. The summed E-state index contributed by atoms with van der Waals surface area (Å²) in [7, 11) is 0. The highest BCUT2D eigenvalue weighted by Gasteiger charge is 2.17. The number of carboxylic acids is 1. The summed E-state index contributed by atoms with van der Waals surface area (Å²) in [5.41, 5.74) is 1.92. The fourth-order valence-corrected chi connectivity index (χ4v) is 1.89. The van der Waals surface area contributed by atoms with Gasteiger partial charge < -0.3 is 20.3 Å². The molecule has 0 spiro atoms. The molecule has 1 amide bonds. The van der Waals surface area contributed by atoms with E-state index in [-0.39, 0.29) is 0 Å². The zero-order chi connectivity index (χ0) is 14.5. The molecule has 0 saturated heterocycles. The lowest BCUT2D eigenvalue weighted by Crippen LogP contribution is -2.42. The zero-order valence-electron chi connectivity index (χ0n) is 10.7. The molecule has 106 valence electrons. The van der Waals surface area contributed by atoms with Gasteiger partial charge in [0.25, 0.3) is 0 Å². The van der Waals surface area contributed by atoms with E-state index in [9.17, 15) is 9.59 Å². The van der Waals surface area contributed by atoms with Gasteiger partial charge >= 0.3 is 5.97 Å². The van der Waals surface area contributed by atoms with Gasteiger partial charge in [0.1, 0.15) is 5.75 Å². The Hall–Kier alpha value is -2.34. The number of fused-ring (bicyclic) bond motifs is 1. The first kappa shape index (κ1) is 14.1. The summed E-state index contributed by atoms with van der Waals surface area (Å²) in [5, 5.41) is 19.7. The second-order valence-electron chi connectivity index (χ2n) is 4.38.